The van der Waals surface area contributed by atoms with Gasteiger partial charge in [-0.25, -0.2) is 4.98 Å². The molecule has 0 atom stereocenters. The van der Waals surface area contributed by atoms with E-state index in [0.29, 0.717) is 16.8 Å². The Bertz CT molecular complexity index is 979. The normalized spacial score (nSPS) is 18.3. The minimum Gasteiger partial charge on any atom is -0.505 e. The third-order valence-electron chi connectivity index (χ3n) is 3.94. The van der Waals surface area contributed by atoms with Crippen molar-refractivity contribution in [3.05, 3.63) is 64.5 Å². The standard InChI is InChI=1S/C17H16N2O4S/c1-10-9-11(2)18-17-13(10)16(21)14(19(3)24(17,22)23)15(20)12-7-5-4-6-8-12/h4-9,20H,1-3H3/b15-14+. The van der Waals surface area contributed by atoms with E-state index in [1.807, 2.05) is 0 Å². The molecule has 1 aliphatic rings. The summed E-state index contributed by atoms with van der Waals surface area (Å²) in [6.07, 6.45) is 0. The highest BCUT2D eigenvalue weighted by molar-refractivity contribution is 7.89. The first kappa shape index (κ1) is 16.2. The van der Waals surface area contributed by atoms with E-state index < -0.39 is 15.8 Å². The number of carbonyl (C=O) groups excluding carboxylic acids is 1. The molecule has 0 spiro atoms. The Morgan fingerprint density at radius 1 is 1.17 bits per heavy atom. The minimum atomic E-state index is -4.02. The monoisotopic (exact) mass is 344 g/mol. The lowest BCUT2D eigenvalue weighted by atomic mass is 10.0. The zero-order valence-electron chi connectivity index (χ0n) is 13.4. The highest BCUT2D eigenvalue weighted by Crippen LogP contribution is 2.34. The largest absolute Gasteiger partial charge is 0.505 e. The van der Waals surface area contributed by atoms with Crippen molar-refractivity contribution in [2.24, 2.45) is 0 Å². The van der Waals surface area contributed by atoms with Gasteiger partial charge in [-0.05, 0) is 25.5 Å². The maximum absolute atomic E-state index is 12.9. The molecule has 3 rings (SSSR count). The van der Waals surface area contributed by atoms with Crippen LogP contribution in [0.15, 0.2) is 47.1 Å². The number of likely N-dealkylation sites (N-methyl/N-ethyl adjacent to an activating group) is 1. The predicted octanol–water partition coefficient (Wildman–Crippen LogP) is 2.44. The van der Waals surface area contributed by atoms with Crippen LogP contribution >= 0.6 is 0 Å². The van der Waals surface area contributed by atoms with E-state index in [9.17, 15) is 18.3 Å². The summed E-state index contributed by atoms with van der Waals surface area (Å²) < 4.78 is 26.3. The van der Waals surface area contributed by atoms with Crippen LogP contribution in [0.4, 0.5) is 0 Å². The van der Waals surface area contributed by atoms with Crippen LogP contribution in [0.3, 0.4) is 0 Å². The van der Waals surface area contributed by atoms with Gasteiger partial charge in [-0.2, -0.15) is 8.42 Å². The van der Waals surface area contributed by atoms with Gasteiger partial charge < -0.3 is 5.11 Å². The zero-order valence-corrected chi connectivity index (χ0v) is 14.3. The van der Waals surface area contributed by atoms with Gasteiger partial charge in [0.2, 0.25) is 5.78 Å². The summed E-state index contributed by atoms with van der Waals surface area (Å²) in [5.41, 5.74) is 1.12. The fourth-order valence-electron chi connectivity index (χ4n) is 2.77. The number of aromatic nitrogens is 1. The molecular formula is C17H16N2O4S. The molecule has 1 aromatic heterocycles. The first-order chi connectivity index (χ1) is 11.2. The molecule has 1 aromatic carbocycles. The van der Waals surface area contributed by atoms with E-state index >= 15 is 0 Å². The number of Topliss-reactive ketones (excluding diaryl/α,β-unsaturated/α-hetero) is 1. The smallest absolute Gasteiger partial charge is 0.282 e. The number of aryl methyl sites for hydroxylation is 2. The Morgan fingerprint density at radius 3 is 2.42 bits per heavy atom. The average Bonchev–Trinajstić information content (AvgIpc) is 2.53. The Kier molecular flexibility index (Phi) is 3.68. The van der Waals surface area contributed by atoms with Crippen LogP contribution in [-0.2, 0) is 10.0 Å². The molecule has 2 heterocycles. The molecule has 0 amide bonds. The molecule has 0 radical (unpaired) electrons. The number of nitrogens with zero attached hydrogens (tertiary/aromatic N) is 2. The fourth-order valence-corrected chi connectivity index (χ4v) is 4.21. The van der Waals surface area contributed by atoms with E-state index in [0.717, 1.165) is 4.31 Å². The van der Waals surface area contributed by atoms with E-state index in [1.165, 1.54) is 7.05 Å². The molecule has 0 bridgehead atoms. The highest BCUT2D eigenvalue weighted by atomic mass is 32.2. The second-order valence-corrected chi connectivity index (χ2v) is 7.51. The van der Waals surface area contributed by atoms with Crippen molar-refractivity contribution in [3.8, 4) is 0 Å². The summed E-state index contributed by atoms with van der Waals surface area (Å²) in [5, 5.41) is 10.3. The number of aliphatic hydroxyl groups excluding tert-OH is 1. The summed E-state index contributed by atoms with van der Waals surface area (Å²) in [6.45, 7) is 3.32. The third-order valence-corrected chi connectivity index (χ3v) is 5.63. The summed E-state index contributed by atoms with van der Waals surface area (Å²) in [5.74, 6) is -0.939. The Balaban J connectivity index is 2.35. The van der Waals surface area contributed by atoms with Crippen LogP contribution in [0.5, 0.6) is 0 Å². The number of fused-ring (bicyclic) bond motifs is 1. The van der Waals surface area contributed by atoms with Gasteiger partial charge in [-0.3, -0.25) is 9.10 Å². The predicted molar refractivity (Wildman–Crippen MR) is 89.0 cm³/mol. The number of carbonyl (C=O) groups is 1. The van der Waals surface area contributed by atoms with Crippen molar-refractivity contribution >= 4 is 21.6 Å². The number of rotatable bonds is 1. The van der Waals surface area contributed by atoms with Gasteiger partial charge in [0.15, 0.2) is 10.8 Å². The van der Waals surface area contributed by atoms with Crippen molar-refractivity contribution in [2.45, 2.75) is 18.9 Å². The van der Waals surface area contributed by atoms with Crippen LogP contribution in [0.1, 0.15) is 27.2 Å². The third kappa shape index (κ3) is 2.28. The number of hydrogen-bond donors (Lipinski definition) is 1. The van der Waals surface area contributed by atoms with Crippen LogP contribution in [-0.4, -0.2) is 35.6 Å². The van der Waals surface area contributed by atoms with Crippen LogP contribution in [0, 0.1) is 13.8 Å². The fraction of sp³-hybridized carbons (Fsp3) is 0.176. The lowest BCUT2D eigenvalue weighted by Crippen LogP contribution is -2.38. The molecule has 6 nitrogen and oxygen atoms in total. The molecular weight excluding hydrogens is 328 g/mol. The van der Waals surface area contributed by atoms with Gasteiger partial charge >= 0.3 is 0 Å². The summed E-state index contributed by atoms with van der Waals surface area (Å²) in [6, 6.07) is 10.00. The molecule has 7 heteroatoms. The molecule has 0 saturated carbocycles. The number of allylic oxidation sites excluding steroid dienone is 1. The van der Waals surface area contributed by atoms with Gasteiger partial charge in [0, 0.05) is 18.3 Å². The van der Waals surface area contributed by atoms with Crippen molar-refractivity contribution in [3.63, 3.8) is 0 Å². The number of benzene rings is 1. The minimum absolute atomic E-state index is 0.0104. The summed E-state index contributed by atoms with van der Waals surface area (Å²) >= 11 is 0. The Morgan fingerprint density at radius 2 is 1.79 bits per heavy atom. The first-order valence-corrected chi connectivity index (χ1v) is 8.69. The highest BCUT2D eigenvalue weighted by Gasteiger charge is 2.41. The molecule has 124 valence electrons. The maximum Gasteiger partial charge on any atom is 0.282 e. The topological polar surface area (TPSA) is 87.6 Å². The van der Waals surface area contributed by atoms with E-state index in [1.54, 1.807) is 50.2 Å². The van der Waals surface area contributed by atoms with Gasteiger partial charge in [0.1, 0.15) is 5.70 Å². The van der Waals surface area contributed by atoms with Crippen molar-refractivity contribution in [2.75, 3.05) is 7.05 Å². The van der Waals surface area contributed by atoms with Gasteiger partial charge in [0.25, 0.3) is 10.0 Å². The van der Waals surface area contributed by atoms with Crippen molar-refractivity contribution < 1.29 is 18.3 Å². The summed E-state index contributed by atoms with van der Waals surface area (Å²) in [4.78, 5) is 16.9. The van der Waals surface area contributed by atoms with E-state index in [-0.39, 0.29) is 22.0 Å². The molecule has 0 fully saturated rings. The second-order valence-electron chi connectivity index (χ2n) is 5.63. The average molecular weight is 344 g/mol. The summed E-state index contributed by atoms with van der Waals surface area (Å²) in [7, 11) is -2.78. The molecule has 0 aliphatic carbocycles. The van der Waals surface area contributed by atoms with Gasteiger partial charge in [-0.1, -0.05) is 30.3 Å². The Hall–Kier alpha value is -2.67. The first-order valence-electron chi connectivity index (χ1n) is 7.25. The van der Waals surface area contributed by atoms with Crippen molar-refractivity contribution in [1.29, 1.82) is 0 Å². The van der Waals surface area contributed by atoms with E-state index in [4.69, 9.17) is 0 Å². The van der Waals surface area contributed by atoms with Gasteiger partial charge in [-0.15, -0.1) is 0 Å². The molecule has 0 unspecified atom stereocenters. The van der Waals surface area contributed by atoms with Crippen LogP contribution in [0.2, 0.25) is 0 Å². The lowest BCUT2D eigenvalue weighted by Gasteiger charge is -2.29. The number of aliphatic hydroxyl groups is 1. The van der Waals surface area contributed by atoms with Gasteiger partial charge in [0.05, 0.1) is 5.56 Å². The van der Waals surface area contributed by atoms with Crippen LogP contribution in [0.25, 0.3) is 5.76 Å². The maximum atomic E-state index is 12.9. The SMILES string of the molecule is Cc1cc(C)c2c(n1)S(=O)(=O)N(C)/C(=C(/O)c1ccccc1)C2=O. The van der Waals surface area contributed by atoms with E-state index in [2.05, 4.69) is 4.98 Å². The number of ketones is 1. The molecule has 1 N–H and O–H groups in total. The molecule has 24 heavy (non-hydrogen) atoms. The number of sulfonamides is 1. The Labute approximate surface area is 140 Å². The quantitative estimate of drug-likeness (QED) is 0.634. The number of hydrogen-bond acceptors (Lipinski definition) is 5. The molecule has 0 saturated heterocycles. The number of pyridine rings is 1. The second kappa shape index (κ2) is 5.45. The lowest BCUT2D eigenvalue weighted by molar-refractivity contribution is 0.100. The zero-order chi connectivity index (χ0) is 17.6. The van der Waals surface area contributed by atoms with Crippen molar-refractivity contribution in [1.82, 2.24) is 9.29 Å². The van der Waals surface area contributed by atoms with Crippen LogP contribution < -0.4 is 0 Å². The molecule has 2 aromatic rings. The molecule has 1 aliphatic heterocycles.